The molecular formula is C11H13ClO3S. The first kappa shape index (κ1) is 11.9. The maximum atomic E-state index is 11.6. The first-order valence-corrected chi connectivity index (χ1v) is 7.03. The number of benzene rings is 1. The van der Waals surface area contributed by atoms with Gasteiger partial charge in [0, 0.05) is 10.9 Å². The molecule has 5 heteroatoms. The van der Waals surface area contributed by atoms with E-state index in [1.165, 1.54) is 0 Å². The molecule has 1 aromatic rings. The molecule has 1 aromatic carbocycles. The fraction of sp³-hybridized carbons (Fsp3) is 0.455. The fourth-order valence-electron chi connectivity index (χ4n) is 1.83. The van der Waals surface area contributed by atoms with Crippen molar-refractivity contribution in [1.82, 2.24) is 0 Å². The molecule has 0 saturated heterocycles. The molecule has 1 aliphatic rings. The largest absolute Gasteiger partial charge is 0.270 e. The zero-order valence-electron chi connectivity index (χ0n) is 8.89. The quantitative estimate of drug-likeness (QED) is 0.782. The summed E-state index contributed by atoms with van der Waals surface area (Å²) in [6.45, 7) is 1.87. The van der Waals surface area contributed by atoms with Gasteiger partial charge in [0.05, 0.1) is 11.9 Å². The van der Waals surface area contributed by atoms with E-state index >= 15 is 0 Å². The molecule has 88 valence electrons. The van der Waals surface area contributed by atoms with Gasteiger partial charge in [-0.3, -0.25) is 4.18 Å². The third-order valence-corrected chi connectivity index (χ3v) is 4.72. The molecule has 1 aliphatic carbocycles. The highest BCUT2D eigenvalue weighted by molar-refractivity contribution is 7.87. The molecule has 16 heavy (non-hydrogen) atoms. The Bertz CT molecular complexity index is 484. The van der Waals surface area contributed by atoms with E-state index in [-0.39, 0.29) is 12.5 Å². The number of hydrogen-bond acceptors (Lipinski definition) is 3. The predicted octanol–water partition coefficient (Wildman–Crippen LogP) is 2.56. The summed E-state index contributed by atoms with van der Waals surface area (Å²) in [7, 11) is -3.39. The van der Waals surface area contributed by atoms with Crippen molar-refractivity contribution in [3.63, 3.8) is 0 Å². The van der Waals surface area contributed by atoms with Crippen LogP contribution in [0.1, 0.15) is 24.8 Å². The van der Waals surface area contributed by atoms with Gasteiger partial charge in [-0.25, -0.2) is 0 Å². The lowest BCUT2D eigenvalue weighted by atomic mass is 10.1. The van der Waals surface area contributed by atoms with E-state index in [2.05, 4.69) is 0 Å². The lowest BCUT2D eigenvalue weighted by molar-refractivity contribution is 0.337. The van der Waals surface area contributed by atoms with Crippen LogP contribution < -0.4 is 0 Å². The number of halogens is 1. The van der Waals surface area contributed by atoms with E-state index in [9.17, 15) is 8.42 Å². The van der Waals surface area contributed by atoms with Crippen LogP contribution in [-0.2, 0) is 14.3 Å². The molecule has 2 unspecified atom stereocenters. The Hall–Kier alpha value is -0.580. The highest BCUT2D eigenvalue weighted by Gasteiger charge is 2.48. The van der Waals surface area contributed by atoms with Crippen LogP contribution in [-0.4, -0.2) is 20.3 Å². The summed E-state index contributed by atoms with van der Waals surface area (Å²) in [5.74, 6) is 0.0373. The van der Waals surface area contributed by atoms with Crippen LogP contribution >= 0.6 is 11.6 Å². The summed E-state index contributed by atoms with van der Waals surface area (Å²) in [5.41, 5.74) is 0.973. The maximum Gasteiger partial charge on any atom is 0.270 e. The Morgan fingerprint density at radius 3 is 2.88 bits per heavy atom. The number of rotatable bonds is 4. The summed E-state index contributed by atoms with van der Waals surface area (Å²) < 4.78 is 28.0. The highest BCUT2D eigenvalue weighted by Crippen LogP contribution is 2.46. The summed E-state index contributed by atoms with van der Waals surface area (Å²) in [5, 5.41) is 0.239. The van der Waals surface area contributed by atoms with Crippen molar-refractivity contribution in [2.45, 2.75) is 24.5 Å². The third kappa shape index (κ3) is 2.39. The van der Waals surface area contributed by atoms with E-state index in [1.54, 1.807) is 13.0 Å². The van der Waals surface area contributed by atoms with Gasteiger partial charge in [-0.1, -0.05) is 23.7 Å². The van der Waals surface area contributed by atoms with E-state index in [1.807, 2.05) is 18.2 Å². The first-order chi connectivity index (χ1) is 7.54. The Kier molecular flexibility index (Phi) is 3.24. The minimum absolute atomic E-state index is 0.0373. The maximum absolute atomic E-state index is 11.6. The van der Waals surface area contributed by atoms with Gasteiger partial charge >= 0.3 is 0 Å². The van der Waals surface area contributed by atoms with Crippen molar-refractivity contribution in [2.75, 3.05) is 6.61 Å². The average Bonchev–Trinajstić information content (AvgIpc) is 2.97. The molecule has 1 saturated carbocycles. The van der Waals surface area contributed by atoms with Gasteiger partial charge in [0.15, 0.2) is 0 Å². The minimum atomic E-state index is -3.39. The third-order valence-electron chi connectivity index (χ3n) is 2.66. The SMILES string of the molecule is CCOS(=O)(=O)C1CC1c1cccc(Cl)c1. The van der Waals surface area contributed by atoms with Crippen molar-refractivity contribution in [1.29, 1.82) is 0 Å². The van der Waals surface area contributed by atoms with Crippen LogP contribution in [0.25, 0.3) is 0 Å². The molecule has 3 nitrogen and oxygen atoms in total. The van der Waals surface area contributed by atoms with Crippen molar-refractivity contribution >= 4 is 21.7 Å². The molecule has 0 bridgehead atoms. The van der Waals surface area contributed by atoms with Crippen LogP contribution in [0.4, 0.5) is 0 Å². The van der Waals surface area contributed by atoms with Crippen LogP contribution in [0.5, 0.6) is 0 Å². The summed E-state index contributed by atoms with van der Waals surface area (Å²) in [6, 6.07) is 7.32. The summed E-state index contributed by atoms with van der Waals surface area (Å²) in [4.78, 5) is 0. The van der Waals surface area contributed by atoms with E-state index in [0.717, 1.165) is 5.56 Å². The van der Waals surface area contributed by atoms with Crippen molar-refractivity contribution in [3.8, 4) is 0 Å². The van der Waals surface area contributed by atoms with Crippen LogP contribution in [0.3, 0.4) is 0 Å². The van der Waals surface area contributed by atoms with Gasteiger partial charge in [0.2, 0.25) is 0 Å². The second kappa shape index (κ2) is 4.35. The highest BCUT2D eigenvalue weighted by atomic mass is 35.5. The Balaban J connectivity index is 2.12. The fourth-order valence-corrected chi connectivity index (χ4v) is 3.53. The monoisotopic (exact) mass is 260 g/mol. The molecule has 2 atom stereocenters. The molecular weight excluding hydrogens is 248 g/mol. The summed E-state index contributed by atoms with van der Waals surface area (Å²) in [6.07, 6.45) is 0.628. The molecule has 0 spiro atoms. The molecule has 0 aromatic heterocycles. The van der Waals surface area contributed by atoms with Crippen molar-refractivity contribution < 1.29 is 12.6 Å². The average molecular weight is 261 g/mol. The zero-order chi connectivity index (χ0) is 11.8. The van der Waals surface area contributed by atoms with Crippen molar-refractivity contribution in [3.05, 3.63) is 34.9 Å². The van der Waals surface area contributed by atoms with Gasteiger partial charge < -0.3 is 0 Å². The topological polar surface area (TPSA) is 43.4 Å². The zero-order valence-corrected chi connectivity index (χ0v) is 10.5. The molecule has 1 fully saturated rings. The predicted molar refractivity (Wildman–Crippen MR) is 63.1 cm³/mol. The molecule has 2 rings (SSSR count). The van der Waals surface area contributed by atoms with E-state index < -0.39 is 15.4 Å². The van der Waals surface area contributed by atoms with Gasteiger partial charge in [-0.05, 0) is 31.0 Å². The Morgan fingerprint density at radius 1 is 1.50 bits per heavy atom. The normalized spacial score (nSPS) is 24.4. The molecule has 0 radical (unpaired) electrons. The van der Waals surface area contributed by atoms with Crippen LogP contribution in [0, 0.1) is 0 Å². The lowest BCUT2D eigenvalue weighted by Crippen LogP contribution is -2.12. The molecule has 0 amide bonds. The molecule has 0 heterocycles. The number of hydrogen-bond donors (Lipinski definition) is 0. The first-order valence-electron chi connectivity index (χ1n) is 5.18. The van der Waals surface area contributed by atoms with Crippen molar-refractivity contribution in [2.24, 2.45) is 0 Å². The van der Waals surface area contributed by atoms with Gasteiger partial charge in [0.25, 0.3) is 10.1 Å². The summed E-state index contributed by atoms with van der Waals surface area (Å²) >= 11 is 5.86. The van der Waals surface area contributed by atoms with E-state index in [0.29, 0.717) is 11.4 Å². The van der Waals surface area contributed by atoms with Crippen LogP contribution in [0.15, 0.2) is 24.3 Å². The van der Waals surface area contributed by atoms with Gasteiger partial charge in [-0.15, -0.1) is 0 Å². The lowest BCUT2D eigenvalue weighted by Gasteiger charge is -2.03. The van der Waals surface area contributed by atoms with Crippen LogP contribution in [0.2, 0.25) is 5.02 Å². The minimum Gasteiger partial charge on any atom is -0.270 e. The molecule has 0 aliphatic heterocycles. The second-order valence-corrected chi connectivity index (χ2v) is 6.10. The standard InChI is InChI=1S/C11H13ClO3S/c1-2-15-16(13,14)11-7-10(11)8-4-3-5-9(12)6-8/h3-6,10-11H,2,7H2,1H3. The Morgan fingerprint density at radius 2 is 2.25 bits per heavy atom. The Labute approximate surface area is 101 Å². The van der Waals surface area contributed by atoms with Gasteiger partial charge in [-0.2, -0.15) is 8.42 Å². The molecule has 0 N–H and O–H groups in total. The smallest absolute Gasteiger partial charge is 0.270 e. The van der Waals surface area contributed by atoms with E-state index in [4.69, 9.17) is 15.8 Å². The van der Waals surface area contributed by atoms with Gasteiger partial charge in [0.1, 0.15) is 0 Å². The second-order valence-electron chi connectivity index (χ2n) is 3.83.